The van der Waals surface area contributed by atoms with Crippen LogP contribution in [0.1, 0.15) is 19.5 Å². The highest BCUT2D eigenvalue weighted by molar-refractivity contribution is 9.10. The van der Waals surface area contributed by atoms with Gasteiger partial charge in [0.15, 0.2) is 5.16 Å². The topological polar surface area (TPSA) is 34.9 Å². The second-order valence-corrected chi connectivity index (χ2v) is 8.62. The lowest BCUT2D eigenvalue weighted by atomic mass is 10.3. The maximum atomic E-state index is 12.8. The summed E-state index contributed by atoms with van der Waals surface area (Å²) in [5.41, 5.74) is 1.89. The fourth-order valence-electron chi connectivity index (χ4n) is 2.20. The van der Waals surface area contributed by atoms with Crippen LogP contribution in [-0.2, 0) is 6.42 Å². The molecule has 6 heteroatoms. The molecule has 1 aliphatic rings. The van der Waals surface area contributed by atoms with Crippen molar-refractivity contribution in [3.8, 4) is 5.69 Å². The molecule has 0 amide bonds. The molecular weight excluding hydrogens is 368 g/mol. The van der Waals surface area contributed by atoms with Crippen molar-refractivity contribution in [3.63, 3.8) is 0 Å². The van der Waals surface area contributed by atoms with Gasteiger partial charge in [0, 0.05) is 21.9 Å². The van der Waals surface area contributed by atoms with Gasteiger partial charge in [-0.2, -0.15) is 0 Å². The van der Waals surface area contributed by atoms with Gasteiger partial charge in [0.05, 0.1) is 16.3 Å². The third kappa shape index (κ3) is 3.07. The molecule has 3 rings (SSSR count). The second kappa shape index (κ2) is 6.18. The van der Waals surface area contributed by atoms with Crippen LogP contribution < -0.4 is 5.56 Å². The average Bonchev–Trinajstić information content (AvgIpc) is 2.88. The summed E-state index contributed by atoms with van der Waals surface area (Å²) in [4.78, 5) is 18.4. The van der Waals surface area contributed by atoms with E-state index >= 15 is 0 Å². The SMILES string of the molecule is CC(C)Sc1nc2c(c(=O)n1-c1ccc(Br)cc1)SCC2. The molecule has 0 unspecified atom stereocenters. The van der Waals surface area contributed by atoms with Crippen LogP contribution in [-0.4, -0.2) is 20.6 Å². The summed E-state index contributed by atoms with van der Waals surface area (Å²) in [5, 5.41) is 1.17. The van der Waals surface area contributed by atoms with Gasteiger partial charge in [-0.05, 0) is 24.3 Å². The zero-order valence-corrected chi connectivity index (χ0v) is 15.0. The van der Waals surface area contributed by atoms with Gasteiger partial charge in [-0.3, -0.25) is 9.36 Å². The Hall–Kier alpha value is -0.720. The molecule has 0 fully saturated rings. The minimum absolute atomic E-state index is 0.0629. The molecule has 2 heterocycles. The number of fused-ring (bicyclic) bond motifs is 1. The van der Waals surface area contributed by atoms with Crippen molar-refractivity contribution in [2.24, 2.45) is 0 Å². The van der Waals surface area contributed by atoms with Gasteiger partial charge >= 0.3 is 0 Å². The number of benzene rings is 1. The van der Waals surface area contributed by atoms with Crippen molar-refractivity contribution in [2.45, 2.75) is 35.6 Å². The first-order valence-corrected chi connectivity index (χ1v) is 9.43. The number of halogens is 1. The first kappa shape index (κ1) is 15.2. The van der Waals surface area contributed by atoms with E-state index < -0.39 is 0 Å². The molecule has 0 radical (unpaired) electrons. The van der Waals surface area contributed by atoms with Crippen molar-refractivity contribution in [2.75, 3.05) is 5.75 Å². The first-order chi connectivity index (χ1) is 10.1. The van der Waals surface area contributed by atoms with Gasteiger partial charge < -0.3 is 0 Å². The van der Waals surface area contributed by atoms with E-state index in [1.54, 1.807) is 28.1 Å². The smallest absolute Gasteiger partial charge is 0.268 e. The lowest BCUT2D eigenvalue weighted by Gasteiger charge is -2.15. The van der Waals surface area contributed by atoms with Gasteiger partial charge in [-0.25, -0.2) is 4.98 Å². The molecule has 1 aromatic heterocycles. The number of aryl methyl sites for hydroxylation is 1. The number of thioether (sulfide) groups is 2. The fraction of sp³-hybridized carbons (Fsp3) is 0.333. The number of aromatic nitrogens is 2. The average molecular weight is 383 g/mol. The predicted molar refractivity (Wildman–Crippen MR) is 93.0 cm³/mol. The van der Waals surface area contributed by atoms with Crippen molar-refractivity contribution in [1.82, 2.24) is 9.55 Å². The van der Waals surface area contributed by atoms with Gasteiger partial charge in [-0.1, -0.05) is 41.5 Å². The Morgan fingerprint density at radius 1 is 1.33 bits per heavy atom. The van der Waals surface area contributed by atoms with E-state index in [4.69, 9.17) is 4.98 Å². The molecule has 1 aromatic carbocycles. The highest BCUT2D eigenvalue weighted by Gasteiger charge is 2.22. The summed E-state index contributed by atoms with van der Waals surface area (Å²) < 4.78 is 2.75. The summed E-state index contributed by atoms with van der Waals surface area (Å²) in [6, 6.07) is 7.80. The summed E-state index contributed by atoms with van der Waals surface area (Å²) in [5.74, 6) is 0.952. The third-order valence-corrected chi connectivity index (χ3v) is 5.68. The normalized spacial score (nSPS) is 13.7. The number of hydrogen-bond donors (Lipinski definition) is 0. The molecule has 0 saturated carbocycles. The number of nitrogens with zero attached hydrogens (tertiary/aromatic N) is 2. The maximum Gasteiger partial charge on any atom is 0.272 e. The molecule has 0 N–H and O–H groups in total. The largest absolute Gasteiger partial charge is 0.272 e. The minimum atomic E-state index is 0.0629. The Balaban J connectivity index is 2.21. The van der Waals surface area contributed by atoms with Crippen LogP contribution in [0.5, 0.6) is 0 Å². The van der Waals surface area contributed by atoms with Crippen LogP contribution in [0.4, 0.5) is 0 Å². The second-order valence-electron chi connectivity index (χ2n) is 5.05. The Kier molecular flexibility index (Phi) is 4.47. The van der Waals surface area contributed by atoms with Gasteiger partial charge in [0.1, 0.15) is 0 Å². The van der Waals surface area contributed by atoms with Crippen molar-refractivity contribution >= 4 is 39.5 Å². The van der Waals surface area contributed by atoms with E-state index in [-0.39, 0.29) is 5.56 Å². The maximum absolute atomic E-state index is 12.8. The van der Waals surface area contributed by atoms with E-state index in [0.29, 0.717) is 5.25 Å². The van der Waals surface area contributed by atoms with Crippen LogP contribution in [0.15, 0.2) is 43.6 Å². The Morgan fingerprint density at radius 3 is 2.71 bits per heavy atom. The van der Waals surface area contributed by atoms with Crippen molar-refractivity contribution in [1.29, 1.82) is 0 Å². The van der Waals surface area contributed by atoms with Crippen LogP contribution in [0, 0.1) is 0 Å². The van der Waals surface area contributed by atoms with E-state index in [0.717, 1.165) is 38.1 Å². The molecule has 21 heavy (non-hydrogen) atoms. The van der Waals surface area contributed by atoms with Crippen LogP contribution in [0.25, 0.3) is 5.69 Å². The number of rotatable bonds is 3. The first-order valence-electron chi connectivity index (χ1n) is 6.77. The standard InChI is InChI=1S/C15H15BrN2OS2/c1-9(2)21-15-17-12-7-8-20-13(12)14(19)18(15)11-5-3-10(16)4-6-11/h3-6,9H,7-8H2,1-2H3. The molecule has 0 spiro atoms. The lowest BCUT2D eigenvalue weighted by molar-refractivity contribution is 0.737. The molecule has 110 valence electrons. The lowest BCUT2D eigenvalue weighted by Crippen LogP contribution is -2.24. The molecule has 0 bridgehead atoms. The highest BCUT2D eigenvalue weighted by atomic mass is 79.9. The Bertz CT molecular complexity index is 726. The van der Waals surface area contributed by atoms with Gasteiger partial charge in [0.25, 0.3) is 5.56 Å². The quantitative estimate of drug-likeness (QED) is 0.589. The van der Waals surface area contributed by atoms with Gasteiger partial charge in [-0.15, -0.1) is 11.8 Å². The molecule has 2 aromatic rings. The molecule has 3 nitrogen and oxygen atoms in total. The van der Waals surface area contributed by atoms with Crippen LogP contribution in [0.2, 0.25) is 0 Å². The highest BCUT2D eigenvalue weighted by Crippen LogP contribution is 2.31. The number of hydrogen-bond acceptors (Lipinski definition) is 4. The summed E-state index contributed by atoms with van der Waals surface area (Å²) in [6.45, 7) is 4.23. The summed E-state index contributed by atoms with van der Waals surface area (Å²) >= 11 is 6.69. The molecule has 1 aliphatic heterocycles. The van der Waals surface area contributed by atoms with E-state index in [9.17, 15) is 4.79 Å². The van der Waals surface area contributed by atoms with Crippen molar-refractivity contribution < 1.29 is 0 Å². The Labute approximate surface area is 140 Å². The van der Waals surface area contributed by atoms with Crippen molar-refractivity contribution in [3.05, 3.63) is 44.8 Å². The van der Waals surface area contributed by atoms with E-state index in [1.165, 1.54) is 0 Å². The van der Waals surface area contributed by atoms with Gasteiger partial charge in [0.2, 0.25) is 0 Å². The molecule has 0 aliphatic carbocycles. The van der Waals surface area contributed by atoms with E-state index in [1.807, 2.05) is 24.3 Å². The third-order valence-electron chi connectivity index (χ3n) is 3.09. The zero-order valence-electron chi connectivity index (χ0n) is 11.8. The molecular formula is C15H15BrN2OS2. The molecule has 0 saturated heterocycles. The van der Waals surface area contributed by atoms with Crippen LogP contribution in [0.3, 0.4) is 0 Å². The molecule has 0 atom stereocenters. The fourth-order valence-corrected chi connectivity index (χ4v) is 4.37. The zero-order chi connectivity index (χ0) is 15.0. The minimum Gasteiger partial charge on any atom is -0.268 e. The van der Waals surface area contributed by atoms with E-state index in [2.05, 4.69) is 29.8 Å². The Morgan fingerprint density at radius 2 is 2.05 bits per heavy atom. The summed E-state index contributed by atoms with van der Waals surface area (Å²) in [7, 11) is 0. The monoisotopic (exact) mass is 382 g/mol. The summed E-state index contributed by atoms with van der Waals surface area (Å²) in [6.07, 6.45) is 0.891. The van der Waals surface area contributed by atoms with Crippen LogP contribution >= 0.6 is 39.5 Å². The predicted octanol–water partition coefficient (Wildman–Crippen LogP) is 4.14.